The van der Waals surface area contributed by atoms with Gasteiger partial charge in [0.25, 0.3) is 5.91 Å². The first-order valence-electron chi connectivity index (χ1n) is 7.16. The Morgan fingerprint density at radius 2 is 1.95 bits per heavy atom. The van der Waals surface area contributed by atoms with Crippen LogP contribution in [0.25, 0.3) is 0 Å². The first-order valence-corrected chi connectivity index (χ1v) is 7.16. The fraction of sp³-hybridized carbons (Fsp3) is 0.643. The van der Waals surface area contributed by atoms with Gasteiger partial charge in [0, 0.05) is 12.6 Å². The van der Waals surface area contributed by atoms with E-state index in [2.05, 4.69) is 10.2 Å². The summed E-state index contributed by atoms with van der Waals surface area (Å²) in [4.78, 5) is 14.6. The van der Waals surface area contributed by atoms with Crippen LogP contribution >= 0.6 is 0 Å². The Hall–Kier alpha value is -1.65. The van der Waals surface area contributed by atoms with E-state index < -0.39 is 0 Å². The zero-order valence-electron chi connectivity index (χ0n) is 11.1. The third kappa shape index (κ3) is 2.41. The molecule has 1 aromatic heterocycles. The Morgan fingerprint density at radius 1 is 1.16 bits per heavy atom. The van der Waals surface area contributed by atoms with Gasteiger partial charge in [-0.15, -0.1) is 10.2 Å². The summed E-state index contributed by atoms with van der Waals surface area (Å²) < 4.78 is 0. The Labute approximate surface area is 113 Å². The summed E-state index contributed by atoms with van der Waals surface area (Å²) in [5, 5.41) is 7.70. The quantitative estimate of drug-likeness (QED) is 0.836. The molecule has 0 aromatic carbocycles. The van der Waals surface area contributed by atoms with Crippen molar-refractivity contribution in [2.75, 3.05) is 12.3 Å². The fourth-order valence-electron chi connectivity index (χ4n) is 3.48. The van der Waals surface area contributed by atoms with Crippen molar-refractivity contribution in [2.45, 2.75) is 44.6 Å². The van der Waals surface area contributed by atoms with E-state index in [9.17, 15) is 4.79 Å². The minimum atomic E-state index is 0.0177. The largest absolute Gasteiger partial charge is 0.382 e. The normalized spacial score (nSPS) is 26.8. The third-order valence-corrected chi connectivity index (χ3v) is 4.41. The van der Waals surface area contributed by atoms with Crippen molar-refractivity contribution >= 4 is 11.7 Å². The predicted octanol–water partition coefficient (Wildman–Crippen LogP) is 1.85. The van der Waals surface area contributed by atoms with Gasteiger partial charge in [-0.2, -0.15) is 0 Å². The number of hydrogen-bond donors (Lipinski definition) is 1. The van der Waals surface area contributed by atoms with Crippen LogP contribution in [-0.4, -0.2) is 33.6 Å². The molecule has 1 aliphatic carbocycles. The molecule has 0 radical (unpaired) electrons. The van der Waals surface area contributed by atoms with Gasteiger partial charge in [-0.25, -0.2) is 0 Å². The molecule has 2 fully saturated rings. The van der Waals surface area contributed by atoms with Crippen molar-refractivity contribution in [1.29, 1.82) is 0 Å². The number of nitrogens with zero attached hydrogens (tertiary/aromatic N) is 3. The number of carbonyl (C=O) groups excluding carboxylic acids is 1. The Bertz CT molecular complexity index is 457. The lowest BCUT2D eigenvalue weighted by Gasteiger charge is -2.43. The maximum Gasteiger partial charge on any atom is 0.274 e. The number of hydrogen-bond acceptors (Lipinski definition) is 4. The van der Waals surface area contributed by atoms with Crippen LogP contribution in [0, 0.1) is 5.92 Å². The number of likely N-dealkylation sites (tertiary alicyclic amines) is 1. The highest BCUT2D eigenvalue weighted by molar-refractivity contribution is 5.92. The lowest BCUT2D eigenvalue weighted by Crippen LogP contribution is -2.49. The molecule has 1 saturated heterocycles. The van der Waals surface area contributed by atoms with Crippen LogP contribution < -0.4 is 5.73 Å². The van der Waals surface area contributed by atoms with E-state index >= 15 is 0 Å². The maximum absolute atomic E-state index is 12.5. The summed E-state index contributed by atoms with van der Waals surface area (Å²) in [7, 11) is 0. The van der Waals surface area contributed by atoms with Gasteiger partial charge in [0.2, 0.25) is 0 Å². The molecule has 2 aliphatic rings. The number of carbonyl (C=O) groups is 1. The van der Waals surface area contributed by atoms with E-state index in [1.165, 1.54) is 25.7 Å². The highest BCUT2D eigenvalue weighted by atomic mass is 16.2. The number of nitrogens with two attached hydrogens (primary N) is 1. The van der Waals surface area contributed by atoms with E-state index in [0.717, 1.165) is 19.4 Å². The molecule has 5 heteroatoms. The van der Waals surface area contributed by atoms with Crippen molar-refractivity contribution < 1.29 is 4.79 Å². The number of amides is 1. The third-order valence-electron chi connectivity index (χ3n) is 4.41. The monoisotopic (exact) mass is 260 g/mol. The molecule has 19 heavy (non-hydrogen) atoms. The molecule has 0 bridgehead atoms. The molecule has 1 aromatic rings. The zero-order chi connectivity index (χ0) is 13.2. The van der Waals surface area contributed by atoms with Crippen LogP contribution in [0.2, 0.25) is 0 Å². The minimum Gasteiger partial charge on any atom is -0.382 e. The van der Waals surface area contributed by atoms with Crippen LogP contribution in [-0.2, 0) is 0 Å². The molecule has 2 atom stereocenters. The maximum atomic E-state index is 12.5. The van der Waals surface area contributed by atoms with E-state index in [1.54, 1.807) is 12.1 Å². The minimum absolute atomic E-state index is 0.0177. The molecule has 102 valence electrons. The number of fused-ring (bicyclic) bond motifs is 1. The van der Waals surface area contributed by atoms with Gasteiger partial charge in [0.05, 0.1) is 0 Å². The molecular weight excluding hydrogens is 240 g/mol. The lowest BCUT2D eigenvalue weighted by atomic mass is 9.78. The number of rotatable bonds is 1. The number of aromatic nitrogens is 2. The Morgan fingerprint density at radius 3 is 2.74 bits per heavy atom. The molecule has 1 aliphatic heterocycles. The van der Waals surface area contributed by atoms with E-state index in [1.807, 2.05) is 4.90 Å². The molecule has 2 heterocycles. The standard InChI is InChI=1S/C14H20N4O/c15-13-8-7-11(16-17-13)14(19)18-9-3-5-10-4-1-2-6-12(10)18/h7-8,10,12H,1-6,9H2,(H2,15,17)/t10-,12-/m1/s1. The van der Waals surface area contributed by atoms with Gasteiger partial charge in [0.1, 0.15) is 5.82 Å². The predicted molar refractivity (Wildman–Crippen MR) is 72.5 cm³/mol. The second kappa shape index (κ2) is 5.15. The highest BCUT2D eigenvalue weighted by Crippen LogP contribution is 2.35. The first-order chi connectivity index (χ1) is 9.25. The second-order valence-corrected chi connectivity index (χ2v) is 5.60. The molecule has 0 spiro atoms. The average molecular weight is 260 g/mol. The average Bonchev–Trinajstić information content (AvgIpc) is 2.47. The van der Waals surface area contributed by atoms with Gasteiger partial charge < -0.3 is 10.6 Å². The van der Waals surface area contributed by atoms with Crippen LogP contribution in [0.15, 0.2) is 12.1 Å². The second-order valence-electron chi connectivity index (χ2n) is 5.60. The molecule has 1 amide bonds. The number of piperidine rings is 1. The van der Waals surface area contributed by atoms with Gasteiger partial charge in [0.15, 0.2) is 5.69 Å². The Kier molecular flexibility index (Phi) is 3.36. The fourth-order valence-corrected chi connectivity index (χ4v) is 3.48. The van der Waals surface area contributed by atoms with Crippen molar-refractivity contribution in [3.05, 3.63) is 17.8 Å². The van der Waals surface area contributed by atoms with Gasteiger partial charge in [-0.05, 0) is 43.7 Å². The van der Waals surface area contributed by atoms with E-state index in [0.29, 0.717) is 23.5 Å². The number of anilines is 1. The smallest absolute Gasteiger partial charge is 0.274 e. The molecule has 0 unspecified atom stereocenters. The summed E-state index contributed by atoms with van der Waals surface area (Å²) in [6.07, 6.45) is 7.32. The van der Waals surface area contributed by atoms with Crippen LogP contribution in [0.4, 0.5) is 5.82 Å². The molecule has 5 nitrogen and oxygen atoms in total. The van der Waals surface area contributed by atoms with Crippen molar-refractivity contribution in [2.24, 2.45) is 5.92 Å². The molecule has 2 N–H and O–H groups in total. The van der Waals surface area contributed by atoms with Crippen molar-refractivity contribution in [1.82, 2.24) is 15.1 Å². The summed E-state index contributed by atoms with van der Waals surface area (Å²) in [5.41, 5.74) is 5.93. The van der Waals surface area contributed by atoms with E-state index in [4.69, 9.17) is 5.73 Å². The summed E-state index contributed by atoms with van der Waals surface area (Å²) in [6, 6.07) is 3.73. The zero-order valence-corrected chi connectivity index (χ0v) is 11.1. The molecule has 3 rings (SSSR count). The topological polar surface area (TPSA) is 72.1 Å². The summed E-state index contributed by atoms with van der Waals surface area (Å²) in [6.45, 7) is 0.853. The van der Waals surface area contributed by atoms with Crippen molar-refractivity contribution in [3.63, 3.8) is 0 Å². The van der Waals surface area contributed by atoms with Crippen molar-refractivity contribution in [3.8, 4) is 0 Å². The highest BCUT2D eigenvalue weighted by Gasteiger charge is 2.36. The van der Waals surface area contributed by atoms with Gasteiger partial charge >= 0.3 is 0 Å². The lowest BCUT2D eigenvalue weighted by molar-refractivity contribution is 0.0384. The van der Waals surface area contributed by atoms with Gasteiger partial charge in [-0.3, -0.25) is 4.79 Å². The number of nitrogen functional groups attached to an aromatic ring is 1. The Balaban J connectivity index is 1.79. The molecular formula is C14H20N4O. The van der Waals surface area contributed by atoms with E-state index in [-0.39, 0.29) is 5.91 Å². The van der Waals surface area contributed by atoms with Crippen LogP contribution in [0.3, 0.4) is 0 Å². The SMILES string of the molecule is Nc1ccc(C(=O)N2CCC[C@H]3CCCC[C@H]32)nn1. The van der Waals surface area contributed by atoms with Crippen LogP contribution in [0.5, 0.6) is 0 Å². The molecule has 1 saturated carbocycles. The summed E-state index contributed by atoms with van der Waals surface area (Å²) in [5.74, 6) is 1.06. The first kappa shape index (κ1) is 12.4. The summed E-state index contributed by atoms with van der Waals surface area (Å²) >= 11 is 0. The van der Waals surface area contributed by atoms with Gasteiger partial charge in [-0.1, -0.05) is 12.8 Å². The van der Waals surface area contributed by atoms with Crippen LogP contribution in [0.1, 0.15) is 49.0 Å².